The summed E-state index contributed by atoms with van der Waals surface area (Å²) in [6.45, 7) is 4.62. The highest BCUT2D eigenvalue weighted by molar-refractivity contribution is 7.86. The van der Waals surface area contributed by atoms with Crippen LogP contribution in [0.4, 0.5) is 0 Å². The summed E-state index contributed by atoms with van der Waals surface area (Å²) in [6, 6.07) is 0. The summed E-state index contributed by atoms with van der Waals surface area (Å²) >= 11 is 0. The van der Waals surface area contributed by atoms with Gasteiger partial charge in [0.25, 0.3) is 0 Å². The molecule has 1 rings (SSSR count). The number of allylic oxidation sites excluding steroid dienone is 4. The van der Waals surface area contributed by atoms with Crippen LogP contribution in [0.5, 0.6) is 0 Å². The van der Waals surface area contributed by atoms with E-state index in [0.717, 1.165) is 18.2 Å². The van der Waals surface area contributed by atoms with Crippen molar-refractivity contribution in [3.63, 3.8) is 0 Å². The number of hydrogen-bond acceptors (Lipinski definition) is 4. The molecule has 0 fully saturated rings. The summed E-state index contributed by atoms with van der Waals surface area (Å²) in [5.41, 5.74) is 0.964. The Morgan fingerprint density at radius 3 is 2.62 bits per heavy atom. The van der Waals surface area contributed by atoms with Gasteiger partial charge in [-0.05, 0) is 25.0 Å². The van der Waals surface area contributed by atoms with E-state index in [1.54, 1.807) is 11.0 Å². The maximum atomic E-state index is 11.1. The summed E-state index contributed by atoms with van der Waals surface area (Å²) in [5, 5.41) is 0. The highest BCUT2D eigenvalue weighted by atomic mass is 32.2. The van der Waals surface area contributed by atoms with Crippen LogP contribution < -0.4 is 0 Å². The monoisotopic (exact) mass is 243 g/mol. The highest BCUT2D eigenvalue weighted by Gasteiger charge is 2.15. The zero-order chi connectivity index (χ0) is 12.2. The zero-order valence-electron chi connectivity index (χ0n) is 9.80. The van der Waals surface area contributed by atoms with Crippen LogP contribution in [0.15, 0.2) is 35.9 Å². The quantitative estimate of drug-likeness (QED) is 0.708. The van der Waals surface area contributed by atoms with Gasteiger partial charge >= 0.3 is 10.1 Å². The van der Waals surface area contributed by atoms with Gasteiger partial charge in [0.1, 0.15) is 0 Å². The maximum Gasteiger partial charge on any atom is 0.307 e. The molecule has 0 saturated heterocycles. The molecule has 0 amide bonds. The molecule has 0 spiro atoms. The van der Waals surface area contributed by atoms with Crippen molar-refractivity contribution in [2.45, 2.75) is 20.3 Å². The molecule has 1 aliphatic heterocycles. The van der Waals surface area contributed by atoms with E-state index in [-0.39, 0.29) is 0 Å². The summed E-state index contributed by atoms with van der Waals surface area (Å²) in [6.07, 6.45) is 9.44. The molecule has 0 aromatic carbocycles. The summed E-state index contributed by atoms with van der Waals surface area (Å²) in [7, 11) is -3.48. The van der Waals surface area contributed by atoms with Gasteiger partial charge in [-0.3, -0.25) is 0 Å². The van der Waals surface area contributed by atoms with Crippen LogP contribution in [-0.4, -0.2) is 26.1 Å². The van der Waals surface area contributed by atoms with E-state index >= 15 is 0 Å². The Morgan fingerprint density at radius 2 is 2.12 bits per heavy atom. The molecule has 0 aromatic rings. The Morgan fingerprint density at radius 1 is 1.44 bits per heavy atom. The minimum atomic E-state index is -3.48. The predicted octanol–water partition coefficient (Wildman–Crippen LogP) is 1.99. The van der Waals surface area contributed by atoms with Gasteiger partial charge in [0, 0.05) is 18.8 Å². The minimum Gasteiger partial charge on any atom is -0.364 e. The summed E-state index contributed by atoms with van der Waals surface area (Å²) in [5.74, 6) is 0.354. The van der Waals surface area contributed by atoms with Crippen LogP contribution in [0.1, 0.15) is 20.3 Å². The summed E-state index contributed by atoms with van der Waals surface area (Å²) in [4.78, 5) is 1.74. The van der Waals surface area contributed by atoms with Crippen LogP contribution in [-0.2, 0) is 14.3 Å². The average molecular weight is 243 g/mol. The Balaban J connectivity index is 2.96. The third-order valence-corrected chi connectivity index (χ3v) is 2.51. The molecular formula is C11H17NO3S. The van der Waals surface area contributed by atoms with Gasteiger partial charge in [-0.25, -0.2) is 0 Å². The first-order chi connectivity index (χ1) is 7.46. The normalized spacial score (nSPS) is 18.8. The molecule has 0 saturated carbocycles. The molecule has 0 unspecified atom stereocenters. The van der Waals surface area contributed by atoms with Gasteiger partial charge in [-0.2, -0.15) is 8.42 Å². The highest BCUT2D eigenvalue weighted by Crippen LogP contribution is 2.19. The number of rotatable bonds is 4. The van der Waals surface area contributed by atoms with Crippen LogP contribution >= 0.6 is 0 Å². The largest absolute Gasteiger partial charge is 0.364 e. The molecule has 1 aliphatic rings. The van der Waals surface area contributed by atoms with Gasteiger partial charge in [-0.1, -0.05) is 13.0 Å². The molecule has 1 heterocycles. The van der Waals surface area contributed by atoms with E-state index in [1.807, 2.05) is 32.2 Å². The molecule has 90 valence electrons. The Bertz CT molecular complexity index is 432. The van der Waals surface area contributed by atoms with Crippen molar-refractivity contribution in [1.29, 1.82) is 0 Å². The van der Waals surface area contributed by atoms with Crippen LogP contribution in [0.2, 0.25) is 0 Å². The van der Waals surface area contributed by atoms with Crippen molar-refractivity contribution in [2.24, 2.45) is 0 Å². The second kappa shape index (κ2) is 5.21. The van der Waals surface area contributed by atoms with E-state index < -0.39 is 10.1 Å². The van der Waals surface area contributed by atoms with E-state index in [1.165, 1.54) is 0 Å². The fourth-order valence-electron chi connectivity index (χ4n) is 1.37. The zero-order valence-corrected chi connectivity index (χ0v) is 10.6. The first-order valence-electron chi connectivity index (χ1n) is 5.22. The molecule has 0 N–H and O–H groups in total. The van der Waals surface area contributed by atoms with Crippen LogP contribution in [0.25, 0.3) is 0 Å². The van der Waals surface area contributed by atoms with Crippen molar-refractivity contribution in [1.82, 2.24) is 4.90 Å². The molecular weight excluding hydrogens is 226 g/mol. The second-order valence-corrected chi connectivity index (χ2v) is 5.06. The topological polar surface area (TPSA) is 46.6 Å². The predicted molar refractivity (Wildman–Crippen MR) is 63.9 cm³/mol. The van der Waals surface area contributed by atoms with Crippen LogP contribution in [0.3, 0.4) is 0 Å². The Kier molecular flexibility index (Phi) is 4.18. The Hall–Kier alpha value is -1.23. The molecule has 0 bridgehead atoms. The fourth-order valence-corrected chi connectivity index (χ4v) is 1.83. The molecule has 0 atom stereocenters. The molecule has 0 radical (unpaired) electrons. The molecule has 0 aromatic heterocycles. The van der Waals surface area contributed by atoms with E-state index in [0.29, 0.717) is 12.4 Å². The minimum absolute atomic E-state index is 0.354. The maximum absolute atomic E-state index is 11.1. The molecule has 16 heavy (non-hydrogen) atoms. The first-order valence-corrected chi connectivity index (χ1v) is 7.04. The first kappa shape index (κ1) is 12.8. The smallest absolute Gasteiger partial charge is 0.307 e. The lowest BCUT2D eigenvalue weighted by Crippen LogP contribution is -2.22. The number of nitrogens with zero attached hydrogens (tertiary/aromatic N) is 1. The van der Waals surface area contributed by atoms with Gasteiger partial charge in [0.2, 0.25) is 5.88 Å². The van der Waals surface area contributed by atoms with E-state index in [9.17, 15) is 8.42 Å². The molecule has 0 aliphatic carbocycles. The standard InChI is InChI=1S/C11H17NO3S/c1-4-6-10-7-8-12(5-2)11(9-10)15-16(3,13)14/h6-9H,4-5H2,1-3H3. The lowest BCUT2D eigenvalue weighted by atomic mass is 10.2. The lowest BCUT2D eigenvalue weighted by molar-refractivity contribution is 0.281. The fraction of sp³-hybridized carbons (Fsp3) is 0.455. The third kappa shape index (κ3) is 3.73. The van der Waals surface area contributed by atoms with Crippen molar-refractivity contribution in [3.05, 3.63) is 35.9 Å². The average Bonchev–Trinajstić information content (AvgIpc) is 2.16. The van der Waals surface area contributed by atoms with Gasteiger partial charge in [0.05, 0.1) is 6.26 Å². The van der Waals surface area contributed by atoms with E-state index in [4.69, 9.17) is 4.18 Å². The molecule has 4 nitrogen and oxygen atoms in total. The summed E-state index contributed by atoms with van der Waals surface area (Å²) < 4.78 is 27.1. The van der Waals surface area contributed by atoms with Gasteiger partial charge in [0.15, 0.2) is 0 Å². The van der Waals surface area contributed by atoms with Crippen molar-refractivity contribution >= 4 is 10.1 Å². The second-order valence-electron chi connectivity index (χ2n) is 3.48. The Labute approximate surface area is 97.0 Å². The van der Waals surface area contributed by atoms with Gasteiger partial charge < -0.3 is 9.08 Å². The SMILES string of the molecule is CCC=C1C=CN(CC)C(OS(C)(=O)=O)=C1. The van der Waals surface area contributed by atoms with E-state index in [2.05, 4.69) is 0 Å². The van der Waals surface area contributed by atoms with Crippen LogP contribution in [0, 0.1) is 0 Å². The van der Waals surface area contributed by atoms with Crippen molar-refractivity contribution in [3.8, 4) is 0 Å². The van der Waals surface area contributed by atoms with Crippen molar-refractivity contribution in [2.75, 3.05) is 12.8 Å². The number of hydrogen-bond donors (Lipinski definition) is 0. The third-order valence-electron chi connectivity index (χ3n) is 2.04. The van der Waals surface area contributed by atoms with Gasteiger partial charge in [-0.15, -0.1) is 0 Å². The molecule has 5 heteroatoms. The lowest BCUT2D eigenvalue weighted by Gasteiger charge is -2.23. The van der Waals surface area contributed by atoms with Crippen molar-refractivity contribution < 1.29 is 12.6 Å².